The summed E-state index contributed by atoms with van der Waals surface area (Å²) >= 11 is 3.11. The van der Waals surface area contributed by atoms with E-state index in [0.717, 1.165) is 0 Å². The fourth-order valence-electron chi connectivity index (χ4n) is 1.42. The van der Waals surface area contributed by atoms with Crippen molar-refractivity contribution in [1.82, 2.24) is 0 Å². The number of hydrogen-bond acceptors (Lipinski definition) is 3. The molecule has 0 aliphatic heterocycles. The molecule has 0 amide bonds. The topological polar surface area (TPSA) is 43.4 Å². The van der Waals surface area contributed by atoms with Gasteiger partial charge in [0, 0.05) is 4.47 Å². The van der Waals surface area contributed by atoms with Gasteiger partial charge in [-0.1, -0.05) is 15.9 Å². The van der Waals surface area contributed by atoms with Gasteiger partial charge in [0.2, 0.25) is 0 Å². The molecule has 3 nitrogen and oxygen atoms in total. The third-order valence-electron chi connectivity index (χ3n) is 2.35. The fourth-order valence-corrected chi connectivity index (χ4v) is 1.75. The molecule has 1 atom stereocenters. The second kappa shape index (κ2) is 5.82. The van der Waals surface area contributed by atoms with Crippen LogP contribution >= 0.6 is 15.9 Å². The molecule has 104 valence electrons. The zero-order chi connectivity index (χ0) is 14.8. The van der Waals surface area contributed by atoms with Gasteiger partial charge in [-0.2, -0.15) is 0 Å². The zero-order valence-electron chi connectivity index (χ0n) is 11.3. The summed E-state index contributed by atoms with van der Waals surface area (Å²) in [5.74, 6) is -2.93. The SMILES string of the molecule is CC(C(=O)OC(C)(C)C)C(=O)c1ccc(Br)cc1F. The largest absolute Gasteiger partial charge is 0.459 e. The quantitative estimate of drug-likeness (QED) is 0.481. The van der Waals surface area contributed by atoms with Gasteiger partial charge in [0.05, 0.1) is 5.56 Å². The van der Waals surface area contributed by atoms with Crippen LogP contribution in [0.15, 0.2) is 22.7 Å². The lowest BCUT2D eigenvalue weighted by molar-refractivity contribution is -0.157. The molecule has 19 heavy (non-hydrogen) atoms. The van der Waals surface area contributed by atoms with E-state index in [-0.39, 0.29) is 5.56 Å². The fraction of sp³-hybridized carbons (Fsp3) is 0.429. The molecule has 0 N–H and O–H groups in total. The second-order valence-corrected chi connectivity index (χ2v) is 6.16. The smallest absolute Gasteiger partial charge is 0.317 e. The van der Waals surface area contributed by atoms with Gasteiger partial charge >= 0.3 is 5.97 Å². The third-order valence-corrected chi connectivity index (χ3v) is 2.84. The first-order chi connectivity index (χ1) is 8.61. The van der Waals surface area contributed by atoms with Crippen molar-refractivity contribution in [3.63, 3.8) is 0 Å². The minimum absolute atomic E-state index is 0.110. The van der Waals surface area contributed by atoms with Crippen molar-refractivity contribution in [2.24, 2.45) is 5.92 Å². The van der Waals surface area contributed by atoms with Crippen LogP contribution in [0.3, 0.4) is 0 Å². The maximum Gasteiger partial charge on any atom is 0.317 e. The molecule has 0 fully saturated rings. The van der Waals surface area contributed by atoms with Crippen LogP contribution in [0.1, 0.15) is 38.1 Å². The summed E-state index contributed by atoms with van der Waals surface area (Å²) in [4.78, 5) is 23.8. The van der Waals surface area contributed by atoms with Gasteiger partial charge in [0.15, 0.2) is 5.78 Å². The van der Waals surface area contributed by atoms with Crippen LogP contribution in [0.2, 0.25) is 0 Å². The van der Waals surface area contributed by atoms with Gasteiger partial charge < -0.3 is 4.74 Å². The molecule has 0 heterocycles. The molecule has 1 rings (SSSR count). The van der Waals surface area contributed by atoms with E-state index in [9.17, 15) is 14.0 Å². The Morgan fingerprint density at radius 1 is 1.32 bits per heavy atom. The van der Waals surface area contributed by atoms with Crippen molar-refractivity contribution < 1.29 is 18.7 Å². The molecule has 0 saturated carbocycles. The number of ether oxygens (including phenoxy) is 1. The third kappa shape index (κ3) is 4.42. The summed E-state index contributed by atoms with van der Waals surface area (Å²) in [5, 5.41) is 0. The number of esters is 1. The molecule has 1 unspecified atom stereocenters. The van der Waals surface area contributed by atoms with Crippen LogP contribution in [-0.4, -0.2) is 17.4 Å². The first-order valence-corrected chi connectivity index (χ1v) is 6.63. The molecular weight excluding hydrogens is 315 g/mol. The Kier molecular flexibility index (Phi) is 4.85. The van der Waals surface area contributed by atoms with E-state index in [1.54, 1.807) is 26.8 Å². The van der Waals surface area contributed by atoms with Crippen LogP contribution in [0.4, 0.5) is 4.39 Å². The van der Waals surface area contributed by atoms with Crippen LogP contribution in [-0.2, 0) is 9.53 Å². The number of carbonyl (C=O) groups excluding carboxylic acids is 2. The molecule has 0 aliphatic carbocycles. The summed E-state index contributed by atoms with van der Waals surface area (Å²) in [5.41, 5.74) is -0.786. The number of benzene rings is 1. The van der Waals surface area contributed by atoms with Crippen molar-refractivity contribution in [1.29, 1.82) is 0 Å². The summed E-state index contributed by atoms with van der Waals surface area (Å²) in [7, 11) is 0. The van der Waals surface area contributed by atoms with Crippen LogP contribution in [0.25, 0.3) is 0 Å². The Bertz CT molecular complexity index is 506. The van der Waals surface area contributed by atoms with Gasteiger partial charge in [-0.25, -0.2) is 4.39 Å². The number of ketones is 1. The van der Waals surface area contributed by atoms with Gasteiger partial charge in [-0.05, 0) is 45.9 Å². The average Bonchev–Trinajstić information content (AvgIpc) is 2.24. The Labute approximate surface area is 120 Å². The molecule has 0 aliphatic rings. The zero-order valence-corrected chi connectivity index (χ0v) is 12.9. The number of halogens is 2. The van der Waals surface area contributed by atoms with Gasteiger partial charge in [-0.15, -0.1) is 0 Å². The lowest BCUT2D eigenvalue weighted by Crippen LogP contribution is -2.31. The summed E-state index contributed by atoms with van der Waals surface area (Å²) < 4.78 is 19.3. The minimum atomic E-state index is -1.03. The van der Waals surface area contributed by atoms with E-state index >= 15 is 0 Å². The van der Waals surface area contributed by atoms with Gasteiger partial charge in [0.1, 0.15) is 17.3 Å². The highest BCUT2D eigenvalue weighted by Gasteiger charge is 2.29. The van der Waals surface area contributed by atoms with E-state index in [2.05, 4.69) is 15.9 Å². The molecule has 1 aromatic carbocycles. The highest BCUT2D eigenvalue weighted by Crippen LogP contribution is 2.20. The summed E-state index contributed by atoms with van der Waals surface area (Å²) in [6, 6.07) is 4.09. The van der Waals surface area contributed by atoms with E-state index in [1.807, 2.05) is 0 Å². The molecule has 0 radical (unpaired) electrons. The predicted molar refractivity (Wildman–Crippen MR) is 73.4 cm³/mol. The standard InChI is InChI=1S/C14H16BrFO3/c1-8(13(18)19-14(2,3)4)12(17)10-6-5-9(15)7-11(10)16/h5-8H,1-4H3. The highest BCUT2D eigenvalue weighted by molar-refractivity contribution is 9.10. The maximum atomic E-state index is 13.7. The summed E-state index contributed by atoms with van der Waals surface area (Å²) in [6.07, 6.45) is 0. The molecule has 5 heteroatoms. The van der Waals surface area contributed by atoms with Crippen molar-refractivity contribution >= 4 is 27.7 Å². The van der Waals surface area contributed by atoms with E-state index in [4.69, 9.17) is 4.74 Å². The number of Topliss-reactive ketones (excluding diaryl/α,β-unsaturated/α-hetero) is 1. The molecule has 0 saturated heterocycles. The normalized spacial score (nSPS) is 12.9. The predicted octanol–water partition coefficient (Wildman–Crippen LogP) is 3.75. The first kappa shape index (κ1) is 15.8. The first-order valence-electron chi connectivity index (χ1n) is 5.84. The van der Waals surface area contributed by atoms with Crippen molar-refractivity contribution in [2.75, 3.05) is 0 Å². The van der Waals surface area contributed by atoms with Crippen LogP contribution in [0.5, 0.6) is 0 Å². The van der Waals surface area contributed by atoms with E-state index in [0.29, 0.717) is 4.47 Å². The van der Waals surface area contributed by atoms with Gasteiger partial charge in [-0.3, -0.25) is 9.59 Å². The molecule has 0 aromatic heterocycles. The lowest BCUT2D eigenvalue weighted by atomic mass is 9.99. The summed E-state index contributed by atoms with van der Waals surface area (Å²) in [6.45, 7) is 6.55. The lowest BCUT2D eigenvalue weighted by Gasteiger charge is -2.21. The Morgan fingerprint density at radius 2 is 1.89 bits per heavy atom. The van der Waals surface area contributed by atoms with Gasteiger partial charge in [0.25, 0.3) is 0 Å². The van der Waals surface area contributed by atoms with Crippen molar-refractivity contribution in [3.05, 3.63) is 34.1 Å². The average molecular weight is 331 g/mol. The van der Waals surface area contributed by atoms with Crippen molar-refractivity contribution in [3.8, 4) is 0 Å². The van der Waals surface area contributed by atoms with Crippen LogP contribution in [0, 0.1) is 11.7 Å². The Balaban J connectivity index is 2.91. The highest BCUT2D eigenvalue weighted by atomic mass is 79.9. The second-order valence-electron chi connectivity index (χ2n) is 5.24. The van der Waals surface area contributed by atoms with Crippen molar-refractivity contribution in [2.45, 2.75) is 33.3 Å². The Hall–Kier alpha value is -1.23. The number of rotatable bonds is 3. The molecule has 1 aromatic rings. The maximum absolute atomic E-state index is 13.7. The van der Waals surface area contributed by atoms with E-state index in [1.165, 1.54) is 19.1 Å². The molecular formula is C14H16BrFO3. The van der Waals surface area contributed by atoms with Crippen LogP contribution < -0.4 is 0 Å². The number of hydrogen-bond donors (Lipinski definition) is 0. The Morgan fingerprint density at radius 3 is 2.37 bits per heavy atom. The monoisotopic (exact) mass is 330 g/mol. The number of carbonyl (C=O) groups is 2. The molecule has 0 bridgehead atoms. The minimum Gasteiger partial charge on any atom is -0.459 e. The molecule has 0 spiro atoms. The van der Waals surface area contributed by atoms with E-state index < -0.39 is 29.1 Å².